The number of aromatic nitrogens is 1. The van der Waals surface area contributed by atoms with Crippen LogP contribution in [0.1, 0.15) is 24.0 Å². The van der Waals surface area contributed by atoms with Gasteiger partial charge in [-0.15, -0.1) is 0 Å². The molecule has 2 aliphatic heterocycles. The average Bonchev–Trinajstić information content (AvgIpc) is 3.09. The number of hydrogen-bond acceptors (Lipinski definition) is 4. The zero-order valence-electron chi connectivity index (χ0n) is 15.8. The van der Waals surface area contributed by atoms with Crippen LogP contribution >= 0.6 is 0 Å². The molecule has 4 rings (SSSR count). The third-order valence-corrected chi connectivity index (χ3v) is 5.82. The van der Waals surface area contributed by atoms with Crippen LogP contribution in [0.15, 0.2) is 48.8 Å². The molecular formula is C22H26N2O3. The Balaban J connectivity index is 1.28. The van der Waals surface area contributed by atoms with Crippen molar-refractivity contribution in [1.29, 1.82) is 0 Å². The van der Waals surface area contributed by atoms with Crippen molar-refractivity contribution < 1.29 is 14.3 Å². The van der Waals surface area contributed by atoms with Crippen molar-refractivity contribution in [3.05, 3.63) is 59.9 Å². The lowest BCUT2D eigenvalue weighted by atomic mass is 9.81. The Hall–Kier alpha value is -2.40. The maximum absolute atomic E-state index is 12.6. The maximum Gasteiger partial charge on any atom is 0.223 e. The highest BCUT2D eigenvalue weighted by Gasteiger charge is 2.54. The van der Waals surface area contributed by atoms with Gasteiger partial charge in [-0.25, -0.2) is 0 Å². The second-order valence-electron chi connectivity index (χ2n) is 7.57. The van der Waals surface area contributed by atoms with Gasteiger partial charge in [0.25, 0.3) is 0 Å². The first-order valence-electron chi connectivity index (χ1n) is 9.65. The van der Waals surface area contributed by atoms with Crippen LogP contribution in [0, 0.1) is 12.8 Å². The molecule has 1 aromatic heterocycles. The van der Waals surface area contributed by atoms with Crippen molar-refractivity contribution in [3.8, 4) is 5.75 Å². The van der Waals surface area contributed by atoms with Crippen LogP contribution in [-0.2, 0) is 16.0 Å². The third-order valence-electron chi connectivity index (χ3n) is 5.82. The second kappa shape index (κ2) is 7.69. The topological polar surface area (TPSA) is 51.7 Å². The van der Waals surface area contributed by atoms with Crippen LogP contribution in [0.4, 0.5) is 0 Å². The lowest BCUT2D eigenvalue weighted by molar-refractivity contribution is -0.166. The average molecular weight is 366 g/mol. The Labute approximate surface area is 160 Å². The number of ether oxygens (including phenoxy) is 2. The summed E-state index contributed by atoms with van der Waals surface area (Å²) in [5.41, 5.74) is 2.28. The van der Waals surface area contributed by atoms with Crippen LogP contribution in [-0.4, -0.2) is 47.7 Å². The number of aryl methyl sites for hydroxylation is 2. The van der Waals surface area contributed by atoms with E-state index in [1.165, 1.54) is 11.1 Å². The van der Waals surface area contributed by atoms with Crippen LogP contribution < -0.4 is 4.74 Å². The van der Waals surface area contributed by atoms with E-state index >= 15 is 0 Å². The summed E-state index contributed by atoms with van der Waals surface area (Å²) in [6.07, 6.45) is 5.79. The Bertz CT molecular complexity index is 787. The first-order chi connectivity index (χ1) is 13.2. The van der Waals surface area contributed by atoms with Crippen LogP contribution in [0.3, 0.4) is 0 Å². The van der Waals surface area contributed by atoms with Crippen LogP contribution in [0.5, 0.6) is 5.75 Å². The molecule has 27 heavy (non-hydrogen) atoms. The summed E-state index contributed by atoms with van der Waals surface area (Å²) in [7, 11) is 0. The molecule has 5 nitrogen and oxygen atoms in total. The molecule has 2 fully saturated rings. The summed E-state index contributed by atoms with van der Waals surface area (Å²) in [4.78, 5) is 18.6. The number of hydrogen-bond donors (Lipinski definition) is 0. The van der Waals surface area contributed by atoms with Gasteiger partial charge in [-0.1, -0.05) is 24.3 Å². The van der Waals surface area contributed by atoms with Gasteiger partial charge in [0.15, 0.2) is 0 Å². The number of amides is 1. The summed E-state index contributed by atoms with van der Waals surface area (Å²) < 4.78 is 11.9. The molecule has 0 aliphatic carbocycles. The van der Waals surface area contributed by atoms with E-state index in [0.717, 1.165) is 25.2 Å². The molecule has 1 amide bonds. The minimum atomic E-state index is -0.222. The minimum Gasteiger partial charge on any atom is -0.492 e. The molecule has 5 heteroatoms. The fourth-order valence-electron chi connectivity index (χ4n) is 4.07. The maximum atomic E-state index is 12.6. The van der Waals surface area contributed by atoms with Crippen molar-refractivity contribution >= 4 is 5.91 Å². The fraction of sp³-hybridized carbons (Fsp3) is 0.455. The molecule has 2 saturated heterocycles. The quantitative estimate of drug-likeness (QED) is 0.789. The molecule has 1 spiro atoms. The Morgan fingerprint density at radius 3 is 2.93 bits per heavy atom. The number of rotatable bonds is 6. The van der Waals surface area contributed by atoms with E-state index in [1.54, 1.807) is 12.4 Å². The summed E-state index contributed by atoms with van der Waals surface area (Å²) in [5.74, 6) is 1.31. The fourth-order valence-corrected chi connectivity index (χ4v) is 4.07. The Kier molecular flexibility index (Phi) is 5.12. The number of pyridine rings is 1. The van der Waals surface area contributed by atoms with Crippen molar-refractivity contribution in [3.63, 3.8) is 0 Å². The van der Waals surface area contributed by atoms with Crippen molar-refractivity contribution in [2.75, 3.05) is 26.3 Å². The summed E-state index contributed by atoms with van der Waals surface area (Å²) >= 11 is 0. The normalized spacial score (nSPS) is 20.5. The molecule has 1 atom stereocenters. The molecule has 3 heterocycles. The SMILES string of the molecule is Cc1ccccc1CCC(=O)N1CC2(C1)OCCC2COc1cccnc1. The van der Waals surface area contributed by atoms with Gasteiger partial charge in [0.1, 0.15) is 11.4 Å². The molecule has 1 aromatic carbocycles. The highest BCUT2D eigenvalue weighted by molar-refractivity contribution is 5.77. The molecule has 0 N–H and O–H groups in total. The predicted molar refractivity (Wildman–Crippen MR) is 103 cm³/mol. The lowest BCUT2D eigenvalue weighted by Crippen LogP contribution is -2.66. The molecule has 0 bridgehead atoms. The predicted octanol–water partition coefficient (Wildman–Crippen LogP) is 3.02. The summed E-state index contributed by atoms with van der Waals surface area (Å²) in [6, 6.07) is 12.0. The molecule has 142 valence electrons. The first kappa shape index (κ1) is 18.0. The summed E-state index contributed by atoms with van der Waals surface area (Å²) in [6.45, 7) is 4.81. The van der Waals surface area contributed by atoms with E-state index in [0.29, 0.717) is 32.0 Å². The van der Waals surface area contributed by atoms with E-state index in [4.69, 9.17) is 9.47 Å². The van der Waals surface area contributed by atoms with Gasteiger partial charge < -0.3 is 14.4 Å². The third kappa shape index (κ3) is 3.83. The van der Waals surface area contributed by atoms with Gasteiger partial charge in [0, 0.05) is 25.1 Å². The van der Waals surface area contributed by atoms with Crippen molar-refractivity contribution in [2.45, 2.75) is 31.8 Å². The first-order valence-corrected chi connectivity index (χ1v) is 9.65. The number of benzene rings is 1. The Morgan fingerprint density at radius 1 is 1.30 bits per heavy atom. The van der Waals surface area contributed by atoms with Crippen LogP contribution in [0.25, 0.3) is 0 Å². The molecule has 2 aromatic rings. The number of nitrogens with zero attached hydrogens (tertiary/aromatic N) is 2. The zero-order chi connectivity index (χ0) is 18.7. The number of carbonyl (C=O) groups is 1. The molecular weight excluding hydrogens is 340 g/mol. The number of carbonyl (C=O) groups excluding carboxylic acids is 1. The van der Waals surface area contributed by atoms with Gasteiger partial charge in [-0.05, 0) is 43.0 Å². The van der Waals surface area contributed by atoms with E-state index < -0.39 is 0 Å². The standard InChI is InChI=1S/C22H26N2O3/c1-17-5-2-3-6-18(17)8-9-21(25)24-15-22(16-24)19(10-12-27-22)14-26-20-7-4-11-23-13-20/h2-7,11,13,19H,8-10,12,14-16H2,1H3. The van der Waals surface area contributed by atoms with Gasteiger partial charge in [0.2, 0.25) is 5.91 Å². The van der Waals surface area contributed by atoms with Gasteiger partial charge in [-0.3, -0.25) is 9.78 Å². The van der Waals surface area contributed by atoms with E-state index in [1.807, 2.05) is 29.2 Å². The largest absolute Gasteiger partial charge is 0.492 e. The molecule has 1 unspecified atom stereocenters. The van der Waals surface area contributed by atoms with Crippen molar-refractivity contribution in [1.82, 2.24) is 9.88 Å². The second-order valence-corrected chi connectivity index (χ2v) is 7.57. The van der Waals surface area contributed by atoms with Gasteiger partial charge >= 0.3 is 0 Å². The van der Waals surface area contributed by atoms with E-state index in [2.05, 4.69) is 24.0 Å². The minimum absolute atomic E-state index is 0.214. The molecule has 2 aliphatic rings. The van der Waals surface area contributed by atoms with Crippen LogP contribution in [0.2, 0.25) is 0 Å². The summed E-state index contributed by atoms with van der Waals surface area (Å²) in [5, 5.41) is 0. The van der Waals surface area contributed by atoms with Gasteiger partial charge in [-0.2, -0.15) is 0 Å². The highest BCUT2D eigenvalue weighted by atomic mass is 16.5. The zero-order valence-corrected chi connectivity index (χ0v) is 15.8. The monoisotopic (exact) mass is 366 g/mol. The van der Waals surface area contributed by atoms with Crippen molar-refractivity contribution in [2.24, 2.45) is 5.92 Å². The molecule has 0 radical (unpaired) electrons. The lowest BCUT2D eigenvalue weighted by Gasteiger charge is -2.50. The van der Waals surface area contributed by atoms with E-state index in [9.17, 15) is 4.79 Å². The number of likely N-dealkylation sites (tertiary alicyclic amines) is 1. The van der Waals surface area contributed by atoms with E-state index in [-0.39, 0.29) is 11.5 Å². The van der Waals surface area contributed by atoms with Gasteiger partial charge in [0.05, 0.1) is 25.9 Å². The Morgan fingerprint density at radius 2 is 2.15 bits per heavy atom. The molecule has 0 saturated carbocycles. The smallest absolute Gasteiger partial charge is 0.223 e. The highest BCUT2D eigenvalue weighted by Crippen LogP contribution is 2.40.